The van der Waals surface area contributed by atoms with Crippen LogP contribution in [0.1, 0.15) is 21.6 Å². The third-order valence-corrected chi connectivity index (χ3v) is 6.28. The van der Waals surface area contributed by atoms with Gasteiger partial charge in [0.2, 0.25) is 6.79 Å². The Bertz CT molecular complexity index is 1200. The molecule has 0 saturated heterocycles. The van der Waals surface area contributed by atoms with Gasteiger partial charge in [-0.15, -0.1) is 11.3 Å². The van der Waals surface area contributed by atoms with Gasteiger partial charge in [-0.05, 0) is 52.9 Å². The van der Waals surface area contributed by atoms with Crippen molar-refractivity contribution < 1.29 is 14.3 Å². The molecule has 4 aromatic rings. The van der Waals surface area contributed by atoms with E-state index in [9.17, 15) is 4.79 Å². The molecule has 0 saturated carbocycles. The lowest BCUT2D eigenvalue weighted by Gasteiger charge is -2.11. The average molecular weight is 469 g/mol. The number of halogens is 1. The largest absolute Gasteiger partial charge is 0.454 e. The molecule has 0 radical (unpaired) electrons. The summed E-state index contributed by atoms with van der Waals surface area (Å²) in [5.41, 5.74) is 3.85. The van der Waals surface area contributed by atoms with Gasteiger partial charge < -0.3 is 19.4 Å². The standard InChI is InChI=1S/C22H17BrN2O3S/c23-16-4-1-14(2-5-16)12-25-17-7-8-29-21(17)10-18(25)22(26)24-11-15-3-6-19-20(9-15)28-13-27-19/h1-10H,11-13H2,(H,24,26). The number of rotatable bonds is 5. The minimum atomic E-state index is -0.0943. The molecule has 3 heterocycles. The summed E-state index contributed by atoms with van der Waals surface area (Å²) in [6.45, 7) is 1.30. The molecular formula is C22H17BrN2O3S. The first kappa shape index (κ1) is 18.3. The van der Waals surface area contributed by atoms with Crippen LogP contribution in [0.25, 0.3) is 10.2 Å². The van der Waals surface area contributed by atoms with Gasteiger partial charge in [0, 0.05) is 17.6 Å². The molecule has 7 heteroatoms. The van der Waals surface area contributed by atoms with Crippen LogP contribution in [0.5, 0.6) is 11.5 Å². The molecule has 146 valence electrons. The summed E-state index contributed by atoms with van der Waals surface area (Å²) in [5.74, 6) is 1.36. The number of nitrogens with zero attached hydrogens (tertiary/aromatic N) is 1. The van der Waals surface area contributed by atoms with Crippen molar-refractivity contribution in [3.05, 3.63) is 81.3 Å². The molecule has 1 aliphatic rings. The van der Waals surface area contributed by atoms with Crippen LogP contribution >= 0.6 is 27.3 Å². The Balaban J connectivity index is 1.38. The van der Waals surface area contributed by atoms with Gasteiger partial charge in [0.1, 0.15) is 5.69 Å². The number of carbonyl (C=O) groups is 1. The summed E-state index contributed by atoms with van der Waals surface area (Å²) < 4.78 is 15.0. The first-order chi connectivity index (χ1) is 14.2. The molecule has 2 aromatic carbocycles. The molecule has 0 unspecified atom stereocenters. The van der Waals surface area contributed by atoms with Gasteiger partial charge >= 0.3 is 0 Å². The number of carbonyl (C=O) groups excluding carboxylic acids is 1. The number of ether oxygens (including phenoxy) is 2. The van der Waals surface area contributed by atoms with Crippen LogP contribution < -0.4 is 14.8 Å². The monoisotopic (exact) mass is 468 g/mol. The van der Waals surface area contributed by atoms with E-state index in [0.717, 1.165) is 37.3 Å². The number of aromatic nitrogens is 1. The molecule has 0 fully saturated rings. The van der Waals surface area contributed by atoms with Gasteiger partial charge in [0.25, 0.3) is 5.91 Å². The molecule has 1 aliphatic heterocycles. The van der Waals surface area contributed by atoms with Crippen molar-refractivity contribution in [2.75, 3.05) is 6.79 Å². The summed E-state index contributed by atoms with van der Waals surface area (Å²) in [7, 11) is 0. The maximum atomic E-state index is 13.0. The zero-order valence-electron chi connectivity index (χ0n) is 15.4. The van der Waals surface area contributed by atoms with Gasteiger partial charge in [-0.2, -0.15) is 0 Å². The average Bonchev–Trinajstić information content (AvgIpc) is 3.44. The van der Waals surface area contributed by atoms with Crippen LogP contribution in [0, 0.1) is 0 Å². The number of thiophene rings is 1. The van der Waals surface area contributed by atoms with Crippen LogP contribution in [0.3, 0.4) is 0 Å². The highest BCUT2D eigenvalue weighted by molar-refractivity contribution is 9.10. The summed E-state index contributed by atoms with van der Waals surface area (Å²) >= 11 is 5.11. The lowest BCUT2D eigenvalue weighted by atomic mass is 10.2. The van der Waals surface area contributed by atoms with Crippen molar-refractivity contribution in [2.24, 2.45) is 0 Å². The van der Waals surface area contributed by atoms with Crippen LogP contribution in [-0.4, -0.2) is 17.3 Å². The van der Waals surface area contributed by atoms with E-state index >= 15 is 0 Å². The third-order valence-electron chi connectivity index (χ3n) is 4.90. The molecule has 1 amide bonds. The van der Waals surface area contributed by atoms with E-state index < -0.39 is 0 Å². The molecule has 5 rings (SSSR count). The van der Waals surface area contributed by atoms with Gasteiger partial charge in [-0.25, -0.2) is 0 Å². The van der Waals surface area contributed by atoms with Crippen molar-refractivity contribution in [1.29, 1.82) is 0 Å². The van der Waals surface area contributed by atoms with Gasteiger partial charge in [-0.3, -0.25) is 4.79 Å². The highest BCUT2D eigenvalue weighted by Crippen LogP contribution is 2.32. The normalized spacial score (nSPS) is 12.4. The summed E-state index contributed by atoms with van der Waals surface area (Å²) in [4.78, 5) is 13.0. The minimum absolute atomic E-state index is 0.0943. The van der Waals surface area contributed by atoms with E-state index in [4.69, 9.17) is 9.47 Å². The number of benzene rings is 2. The van der Waals surface area contributed by atoms with E-state index in [1.807, 2.05) is 36.4 Å². The Morgan fingerprint density at radius 1 is 1.03 bits per heavy atom. The van der Waals surface area contributed by atoms with Gasteiger partial charge in [0.05, 0.1) is 10.2 Å². The van der Waals surface area contributed by atoms with E-state index in [1.165, 1.54) is 0 Å². The summed E-state index contributed by atoms with van der Waals surface area (Å²) in [6, 6.07) is 17.9. The Hall–Kier alpha value is -2.77. The molecule has 1 N–H and O–H groups in total. The van der Waals surface area contributed by atoms with Crippen molar-refractivity contribution in [1.82, 2.24) is 9.88 Å². The fraction of sp³-hybridized carbons (Fsp3) is 0.136. The predicted octanol–water partition coefficient (Wildman–Crippen LogP) is 5.17. The zero-order valence-corrected chi connectivity index (χ0v) is 17.8. The quantitative estimate of drug-likeness (QED) is 0.439. The lowest BCUT2D eigenvalue weighted by molar-refractivity contribution is 0.0942. The SMILES string of the molecule is O=C(NCc1ccc2c(c1)OCO2)c1cc2sccc2n1Cc1ccc(Br)cc1. The highest BCUT2D eigenvalue weighted by Gasteiger charge is 2.18. The number of hydrogen-bond donors (Lipinski definition) is 1. The van der Waals surface area contributed by atoms with E-state index in [-0.39, 0.29) is 12.7 Å². The molecule has 2 aromatic heterocycles. The number of hydrogen-bond acceptors (Lipinski definition) is 4. The minimum Gasteiger partial charge on any atom is -0.454 e. The maximum Gasteiger partial charge on any atom is 0.268 e. The smallest absolute Gasteiger partial charge is 0.268 e. The highest BCUT2D eigenvalue weighted by atomic mass is 79.9. The molecule has 29 heavy (non-hydrogen) atoms. The fourth-order valence-electron chi connectivity index (χ4n) is 3.43. The number of amides is 1. The third kappa shape index (κ3) is 3.63. The fourth-order valence-corrected chi connectivity index (χ4v) is 4.52. The van der Waals surface area contributed by atoms with Crippen LogP contribution in [0.2, 0.25) is 0 Å². The van der Waals surface area contributed by atoms with E-state index in [0.29, 0.717) is 18.8 Å². The van der Waals surface area contributed by atoms with Crippen molar-refractivity contribution in [2.45, 2.75) is 13.1 Å². The molecule has 0 bridgehead atoms. The predicted molar refractivity (Wildman–Crippen MR) is 117 cm³/mol. The zero-order chi connectivity index (χ0) is 19.8. The summed E-state index contributed by atoms with van der Waals surface area (Å²) in [5, 5.41) is 5.09. The second-order valence-corrected chi connectivity index (χ2v) is 8.65. The topological polar surface area (TPSA) is 52.5 Å². The van der Waals surface area contributed by atoms with E-state index in [2.05, 4.69) is 49.4 Å². The van der Waals surface area contributed by atoms with Gasteiger partial charge in [0.15, 0.2) is 11.5 Å². The first-order valence-electron chi connectivity index (χ1n) is 9.15. The molecule has 0 atom stereocenters. The van der Waals surface area contributed by atoms with Crippen LogP contribution in [0.15, 0.2) is 64.5 Å². The number of nitrogens with one attached hydrogen (secondary N) is 1. The van der Waals surface area contributed by atoms with Crippen molar-refractivity contribution >= 4 is 43.4 Å². The molecule has 5 nitrogen and oxygen atoms in total. The van der Waals surface area contributed by atoms with Crippen molar-refractivity contribution in [3.8, 4) is 11.5 Å². The Kier molecular flexibility index (Phi) is 4.77. The Labute approximate surface area is 180 Å². The van der Waals surface area contributed by atoms with E-state index in [1.54, 1.807) is 11.3 Å². The number of fused-ring (bicyclic) bond motifs is 2. The molecular weight excluding hydrogens is 452 g/mol. The van der Waals surface area contributed by atoms with Gasteiger partial charge in [-0.1, -0.05) is 34.1 Å². The van der Waals surface area contributed by atoms with Crippen LogP contribution in [-0.2, 0) is 13.1 Å². The van der Waals surface area contributed by atoms with Crippen molar-refractivity contribution in [3.63, 3.8) is 0 Å². The van der Waals surface area contributed by atoms with Crippen LogP contribution in [0.4, 0.5) is 0 Å². The Morgan fingerprint density at radius 2 is 1.83 bits per heavy atom. The summed E-state index contributed by atoms with van der Waals surface area (Å²) in [6.07, 6.45) is 0. The maximum absolute atomic E-state index is 13.0. The molecule has 0 aliphatic carbocycles. The Morgan fingerprint density at radius 3 is 2.69 bits per heavy atom. The second kappa shape index (κ2) is 7.57. The first-order valence-corrected chi connectivity index (χ1v) is 10.8. The second-order valence-electron chi connectivity index (χ2n) is 6.78. The lowest BCUT2D eigenvalue weighted by Crippen LogP contribution is -2.25. The molecule has 0 spiro atoms.